The second-order valence-corrected chi connectivity index (χ2v) is 11.8. The molecule has 0 saturated heterocycles. The van der Waals surface area contributed by atoms with Gasteiger partial charge in [0.25, 0.3) is 0 Å². The van der Waals surface area contributed by atoms with E-state index in [1.165, 1.54) is 75.3 Å². The number of hydrogen-bond donors (Lipinski definition) is 0. The number of rotatable bonds is 2. The van der Waals surface area contributed by atoms with Crippen molar-refractivity contribution < 1.29 is 0 Å². The molecule has 0 aliphatic heterocycles. The Morgan fingerprint density at radius 3 is 1.47 bits per heavy atom. The van der Waals surface area contributed by atoms with E-state index in [4.69, 9.17) is 6.42 Å². The lowest BCUT2D eigenvalue weighted by molar-refractivity contribution is 0.319. The summed E-state index contributed by atoms with van der Waals surface area (Å²) in [5, 5.41) is 0. The molecule has 2 aliphatic carbocycles. The van der Waals surface area contributed by atoms with Crippen LogP contribution in [0.2, 0.25) is 0 Å². The molecule has 0 atom stereocenters. The van der Waals surface area contributed by atoms with Crippen LogP contribution >= 0.6 is 0 Å². The molecule has 2 fully saturated rings. The van der Waals surface area contributed by atoms with Crippen LogP contribution in [0.15, 0.2) is 48.5 Å². The first kappa shape index (κ1) is 32.0. The molecule has 0 heterocycles. The van der Waals surface area contributed by atoms with Gasteiger partial charge in [-0.2, -0.15) is 0 Å². The average molecular weight is 489 g/mol. The van der Waals surface area contributed by atoms with Crippen molar-refractivity contribution in [3.63, 3.8) is 0 Å². The lowest BCUT2D eigenvalue weighted by Crippen LogP contribution is -2.25. The van der Waals surface area contributed by atoms with Crippen LogP contribution in [0, 0.1) is 12.3 Å². The Bertz CT molecular complexity index is 906. The number of hydrogen-bond acceptors (Lipinski definition) is 0. The van der Waals surface area contributed by atoms with Crippen LogP contribution in [-0.4, -0.2) is 0 Å². The Hall–Kier alpha value is -2.00. The molecule has 0 heteroatoms. The summed E-state index contributed by atoms with van der Waals surface area (Å²) in [4.78, 5) is 0. The number of benzene rings is 2. The van der Waals surface area contributed by atoms with Crippen molar-refractivity contribution in [1.29, 1.82) is 0 Å². The van der Waals surface area contributed by atoms with Gasteiger partial charge >= 0.3 is 0 Å². The minimum atomic E-state index is 0.265. The zero-order valence-corrected chi connectivity index (χ0v) is 25.3. The van der Waals surface area contributed by atoms with E-state index in [1.54, 1.807) is 5.56 Å². The normalized spacial score (nSPS) is 18.0. The smallest absolute Gasteiger partial charge is 0.0245 e. The van der Waals surface area contributed by atoms with Crippen LogP contribution in [0.5, 0.6) is 0 Å². The lowest BCUT2D eigenvalue weighted by atomic mass is 9.70. The predicted octanol–water partition coefficient (Wildman–Crippen LogP) is 11.1. The molecular weight excluding hydrogens is 432 g/mol. The Morgan fingerprint density at radius 1 is 0.639 bits per heavy atom. The van der Waals surface area contributed by atoms with Crippen LogP contribution < -0.4 is 0 Å². The SMILES string of the molecule is C#Cc1cccc(C2(C)CCCCC2)c1.CC.CC.CC(C)(C)c1cccc(C2(C)CCCCC2)c1. The summed E-state index contributed by atoms with van der Waals surface area (Å²) >= 11 is 0. The zero-order valence-electron chi connectivity index (χ0n) is 25.3. The molecule has 0 spiro atoms. The van der Waals surface area contributed by atoms with Gasteiger partial charge in [0, 0.05) is 5.56 Å². The van der Waals surface area contributed by atoms with E-state index in [0.29, 0.717) is 10.8 Å². The lowest BCUT2D eigenvalue weighted by Gasteiger charge is -2.35. The van der Waals surface area contributed by atoms with E-state index in [1.807, 2.05) is 33.8 Å². The number of terminal acetylenes is 1. The van der Waals surface area contributed by atoms with Crippen molar-refractivity contribution in [2.75, 3.05) is 0 Å². The Balaban J connectivity index is 0.000000318. The molecule has 0 N–H and O–H groups in total. The fourth-order valence-corrected chi connectivity index (χ4v) is 5.59. The molecule has 0 amide bonds. The second kappa shape index (κ2) is 15.3. The van der Waals surface area contributed by atoms with E-state index < -0.39 is 0 Å². The van der Waals surface area contributed by atoms with Crippen LogP contribution in [0.25, 0.3) is 0 Å². The molecule has 0 aromatic heterocycles. The van der Waals surface area contributed by atoms with Crippen molar-refractivity contribution in [3.8, 4) is 12.3 Å². The van der Waals surface area contributed by atoms with Gasteiger partial charge < -0.3 is 0 Å². The maximum Gasteiger partial charge on any atom is 0.0245 e. The zero-order chi connectivity index (χ0) is 27.2. The minimum Gasteiger partial charge on any atom is -0.115 e. The highest BCUT2D eigenvalue weighted by molar-refractivity contribution is 5.38. The van der Waals surface area contributed by atoms with Crippen LogP contribution in [0.1, 0.15) is 149 Å². The van der Waals surface area contributed by atoms with Crippen molar-refractivity contribution in [1.82, 2.24) is 0 Å². The fourth-order valence-electron chi connectivity index (χ4n) is 5.59. The average Bonchev–Trinajstić information content (AvgIpc) is 2.92. The van der Waals surface area contributed by atoms with Gasteiger partial charge in [0.1, 0.15) is 0 Å². The molecule has 2 aliphatic rings. The van der Waals surface area contributed by atoms with Crippen LogP contribution in [0.4, 0.5) is 0 Å². The topological polar surface area (TPSA) is 0 Å². The van der Waals surface area contributed by atoms with E-state index in [9.17, 15) is 0 Å². The maximum atomic E-state index is 5.44. The van der Waals surface area contributed by atoms with E-state index >= 15 is 0 Å². The third kappa shape index (κ3) is 9.14. The molecule has 0 nitrogen and oxygen atoms in total. The standard InChI is InChI=1S/C17H26.C15H18.2C2H6/c1-16(2,3)14-9-8-10-15(13-14)17(4)11-6-5-7-12-17;1-3-13-8-7-9-14(12-13)15(2)10-5-4-6-11-15;2*1-2/h8-10,13H,5-7,11-12H2,1-4H3;1,7-9,12H,4-6,10-11H2,2H3;2*1-2H3. The van der Waals surface area contributed by atoms with Crippen molar-refractivity contribution in [2.24, 2.45) is 0 Å². The minimum absolute atomic E-state index is 0.265. The molecule has 2 saturated carbocycles. The summed E-state index contributed by atoms with van der Waals surface area (Å²) in [6.45, 7) is 19.7. The third-order valence-corrected chi connectivity index (χ3v) is 8.07. The van der Waals surface area contributed by atoms with Gasteiger partial charge in [-0.15, -0.1) is 6.42 Å². The molecule has 4 rings (SSSR count). The van der Waals surface area contributed by atoms with Gasteiger partial charge in [0.15, 0.2) is 0 Å². The monoisotopic (exact) mass is 488 g/mol. The van der Waals surface area contributed by atoms with Gasteiger partial charge in [-0.1, -0.05) is 143 Å². The summed E-state index contributed by atoms with van der Waals surface area (Å²) in [6.07, 6.45) is 19.1. The maximum absolute atomic E-state index is 5.44. The molecular formula is C36H56. The van der Waals surface area contributed by atoms with Gasteiger partial charge in [-0.25, -0.2) is 0 Å². The largest absolute Gasteiger partial charge is 0.115 e. The Kier molecular flexibility index (Phi) is 13.6. The molecule has 36 heavy (non-hydrogen) atoms. The quantitative estimate of drug-likeness (QED) is 0.369. The van der Waals surface area contributed by atoms with Gasteiger partial charge in [0.2, 0.25) is 0 Å². The Morgan fingerprint density at radius 2 is 1.06 bits per heavy atom. The van der Waals surface area contributed by atoms with Crippen LogP contribution in [0.3, 0.4) is 0 Å². The van der Waals surface area contributed by atoms with E-state index in [-0.39, 0.29) is 5.41 Å². The van der Waals surface area contributed by atoms with Crippen molar-refractivity contribution >= 4 is 0 Å². The summed E-state index contributed by atoms with van der Waals surface area (Å²) in [6, 6.07) is 17.8. The summed E-state index contributed by atoms with van der Waals surface area (Å²) in [7, 11) is 0. The molecule has 200 valence electrons. The second-order valence-electron chi connectivity index (χ2n) is 11.8. The highest BCUT2D eigenvalue weighted by Gasteiger charge is 2.30. The summed E-state index contributed by atoms with van der Waals surface area (Å²) in [5.41, 5.74) is 6.54. The predicted molar refractivity (Wildman–Crippen MR) is 163 cm³/mol. The first-order valence-corrected chi connectivity index (χ1v) is 14.8. The molecule has 0 unspecified atom stereocenters. The van der Waals surface area contributed by atoms with Crippen molar-refractivity contribution in [2.45, 2.75) is 143 Å². The molecule has 2 aromatic rings. The highest BCUT2D eigenvalue weighted by atomic mass is 14.3. The van der Waals surface area contributed by atoms with E-state index in [0.717, 1.165) is 5.56 Å². The Labute approximate surface area is 225 Å². The summed E-state index contributed by atoms with van der Waals surface area (Å²) < 4.78 is 0. The summed E-state index contributed by atoms with van der Waals surface area (Å²) in [5.74, 6) is 2.72. The van der Waals surface area contributed by atoms with Gasteiger partial charge in [-0.05, 0) is 70.8 Å². The van der Waals surface area contributed by atoms with Crippen molar-refractivity contribution in [3.05, 3.63) is 70.8 Å². The third-order valence-electron chi connectivity index (χ3n) is 8.07. The first-order chi connectivity index (χ1) is 17.2. The first-order valence-electron chi connectivity index (χ1n) is 14.8. The van der Waals surface area contributed by atoms with Gasteiger partial charge in [0.05, 0.1) is 0 Å². The van der Waals surface area contributed by atoms with Gasteiger partial charge in [-0.3, -0.25) is 0 Å². The molecule has 0 radical (unpaired) electrons. The molecule has 0 bridgehead atoms. The van der Waals surface area contributed by atoms with Crippen LogP contribution in [-0.2, 0) is 16.2 Å². The fraction of sp³-hybridized carbons (Fsp3) is 0.611. The molecule has 2 aromatic carbocycles. The van der Waals surface area contributed by atoms with E-state index in [2.05, 4.69) is 83.0 Å². The highest BCUT2D eigenvalue weighted by Crippen LogP contribution is 2.40.